The van der Waals surface area contributed by atoms with E-state index in [-0.39, 0.29) is 16.9 Å². The van der Waals surface area contributed by atoms with Crippen molar-refractivity contribution in [2.75, 3.05) is 12.0 Å². The van der Waals surface area contributed by atoms with E-state index in [1.54, 1.807) is 31.2 Å². The molecule has 7 heteroatoms. The number of halogens is 1. The van der Waals surface area contributed by atoms with E-state index in [9.17, 15) is 19.1 Å². The number of Topliss-reactive ketones (excluding diaryl/α,β-unsaturated/α-hetero) is 1. The number of rotatable bonds is 4. The maximum atomic E-state index is 14.0. The van der Waals surface area contributed by atoms with Crippen molar-refractivity contribution >= 4 is 23.1 Å². The Morgan fingerprint density at radius 3 is 2.41 bits per heavy atom. The number of methoxy groups -OCH3 is 1. The largest absolute Gasteiger partial charge is 0.507 e. The number of ether oxygens (including phenoxy) is 1. The van der Waals surface area contributed by atoms with Crippen LogP contribution in [0.3, 0.4) is 0 Å². The molecule has 0 spiro atoms. The molecule has 2 heterocycles. The molecule has 4 rings (SSSR count). The number of furan rings is 1. The molecule has 2 aromatic carbocycles. The predicted octanol–water partition coefficient (Wildman–Crippen LogP) is 4.98. The Morgan fingerprint density at radius 2 is 1.78 bits per heavy atom. The number of carbonyl (C=O) groups is 2. The van der Waals surface area contributed by atoms with Gasteiger partial charge in [-0.05, 0) is 74.4 Å². The van der Waals surface area contributed by atoms with E-state index in [1.165, 1.54) is 24.1 Å². The van der Waals surface area contributed by atoms with Gasteiger partial charge in [0.15, 0.2) is 0 Å². The van der Waals surface area contributed by atoms with E-state index in [0.717, 1.165) is 17.2 Å². The van der Waals surface area contributed by atoms with Gasteiger partial charge in [-0.3, -0.25) is 14.5 Å². The number of nitrogens with zero attached hydrogens (tertiary/aromatic N) is 1. The van der Waals surface area contributed by atoms with Gasteiger partial charge < -0.3 is 14.3 Å². The number of hydrogen-bond donors (Lipinski definition) is 1. The van der Waals surface area contributed by atoms with Gasteiger partial charge in [0.2, 0.25) is 0 Å². The molecule has 1 unspecified atom stereocenters. The van der Waals surface area contributed by atoms with Gasteiger partial charge in [0, 0.05) is 5.69 Å². The molecule has 1 fully saturated rings. The first-order chi connectivity index (χ1) is 15.2. The quantitative estimate of drug-likeness (QED) is 0.355. The lowest BCUT2D eigenvalue weighted by atomic mass is 9.98. The van der Waals surface area contributed by atoms with Crippen molar-refractivity contribution in [3.63, 3.8) is 0 Å². The molecule has 0 aliphatic carbocycles. The van der Waals surface area contributed by atoms with Crippen LogP contribution in [0.5, 0.6) is 5.75 Å². The summed E-state index contributed by atoms with van der Waals surface area (Å²) < 4.78 is 25.0. The third kappa shape index (κ3) is 3.45. The summed E-state index contributed by atoms with van der Waals surface area (Å²) in [5.74, 6) is -1.83. The Kier molecular flexibility index (Phi) is 5.34. The molecule has 1 aliphatic rings. The molecule has 32 heavy (non-hydrogen) atoms. The Bertz CT molecular complexity index is 1270. The highest BCUT2D eigenvalue weighted by Crippen LogP contribution is 2.44. The number of hydrogen-bond acceptors (Lipinski definition) is 5. The fraction of sp³-hybridized carbons (Fsp3) is 0.200. The van der Waals surface area contributed by atoms with Gasteiger partial charge in [0.25, 0.3) is 11.7 Å². The Balaban J connectivity index is 1.98. The molecule has 0 bridgehead atoms. The van der Waals surface area contributed by atoms with Crippen LogP contribution >= 0.6 is 0 Å². The van der Waals surface area contributed by atoms with Crippen molar-refractivity contribution in [2.24, 2.45) is 0 Å². The van der Waals surface area contributed by atoms with Crippen LogP contribution in [0, 0.1) is 26.6 Å². The lowest BCUT2D eigenvalue weighted by Crippen LogP contribution is -2.29. The summed E-state index contributed by atoms with van der Waals surface area (Å²) in [4.78, 5) is 27.6. The normalized spacial score (nSPS) is 17.8. The fourth-order valence-electron chi connectivity index (χ4n) is 3.85. The van der Waals surface area contributed by atoms with Crippen LogP contribution in [-0.4, -0.2) is 23.9 Å². The highest BCUT2D eigenvalue weighted by molar-refractivity contribution is 6.51. The molecule has 0 saturated carbocycles. The lowest BCUT2D eigenvalue weighted by molar-refractivity contribution is -0.132. The van der Waals surface area contributed by atoms with Gasteiger partial charge >= 0.3 is 0 Å². The minimum absolute atomic E-state index is 0.0288. The minimum Gasteiger partial charge on any atom is -0.507 e. The first kappa shape index (κ1) is 21.4. The molecule has 1 atom stereocenters. The summed E-state index contributed by atoms with van der Waals surface area (Å²) >= 11 is 0. The van der Waals surface area contributed by atoms with Gasteiger partial charge in [0.05, 0.1) is 18.2 Å². The zero-order valence-corrected chi connectivity index (χ0v) is 18.1. The van der Waals surface area contributed by atoms with Crippen LogP contribution in [0.25, 0.3) is 5.76 Å². The first-order valence-electron chi connectivity index (χ1n) is 10.0. The van der Waals surface area contributed by atoms with Crippen LogP contribution in [0.2, 0.25) is 0 Å². The number of anilines is 1. The minimum atomic E-state index is -1.03. The zero-order chi connectivity index (χ0) is 23.2. The van der Waals surface area contributed by atoms with E-state index in [1.807, 2.05) is 19.9 Å². The van der Waals surface area contributed by atoms with Crippen molar-refractivity contribution in [1.29, 1.82) is 0 Å². The van der Waals surface area contributed by atoms with Gasteiger partial charge in [-0.2, -0.15) is 0 Å². The van der Waals surface area contributed by atoms with E-state index in [2.05, 4.69) is 0 Å². The standard InChI is InChI=1S/C25H22FNO5/c1-13-5-8-17(11-14(13)2)27-22(20-9-6-15(3)32-20)21(24(29)25(27)30)23(28)18-12-16(26)7-10-19(18)31-4/h5-12,22,28H,1-4H3/b23-21-. The highest BCUT2D eigenvalue weighted by atomic mass is 19.1. The first-order valence-corrected chi connectivity index (χ1v) is 10.0. The molecule has 1 saturated heterocycles. The second-order valence-electron chi connectivity index (χ2n) is 7.73. The second kappa shape index (κ2) is 8.00. The molecule has 6 nitrogen and oxygen atoms in total. The molecule has 1 N–H and O–H groups in total. The van der Waals surface area contributed by atoms with Gasteiger partial charge in [-0.15, -0.1) is 0 Å². The summed E-state index contributed by atoms with van der Waals surface area (Å²) in [6.45, 7) is 5.58. The number of benzene rings is 2. The van der Waals surface area contributed by atoms with Crippen LogP contribution in [-0.2, 0) is 9.59 Å². The van der Waals surface area contributed by atoms with Gasteiger partial charge in [0.1, 0.15) is 34.9 Å². The van der Waals surface area contributed by atoms with E-state index >= 15 is 0 Å². The van der Waals surface area contributed by atoms with Crippen LogP contribution in [0.1, 0.15) is 34.3 Å². The Labute approximate surface area is 184 Å². The predicted molar refractivity (Wildman–Crippen MR) is 117 cm³/mol. The zero-order valence-electron chi connectivity index (χ0n) is 18.1. The molecule has 1 aromatic heterocycles. The maximum absolute atomic E-state index is 14.0. The van der Waals surface area contributed by atoms with Crippen molar-refractivity contribution in [3.8, 4) is 5.75 Å². The van der Waals surface area contributed by atoms with Crippen molar-refractivity contribution in [1.82, 2.24) is 0 Å². The summed E-state index contributed by atoms with van der Waals surface area (Å²) in [6, 6.07) is 11.3. The van der Waals surface area contributed by atoms with Gasteiger partial charge in [-0.1, -0.05) is 6.07 Å². The number of aryl methyl sites for hydroxylation is 3. The summed E-state index contributed by atoms with van der Waals surface area (Å²) in [5.41, 5.74) is 2.22. The third-order valence-corrected chi connectivity index (χ3v) is 5.66. The Hall–Kier alpha value is -3.87. The van der Waals surface area contributed by atoms with Crippen LogP contribution < -0.4 is 9.64 Å². The maximum Gasteiger partial charge on any atom is 0.300 e. The van der Waals surface area contributed by atoms with Crippen LogP contribution in [0.15, 0.2) is 58.5 Å². The number of ketones is 1. The fourth-order valence-corrected chi connectivity index (χ4v) is 3.85. The molecule has 0 radical (unpaired) electrons. The third-order valence-electron chi connectivity index (χ3n) is 5.66. The van der Waals surface area contributed by atoms with Crippen molar-refractivity contribution in [2.45, 2.75) is 26.8 Å². The summed E-state index contributed by atoms with van der Waals surface area (Å²) in [6.07, 6.45) is 0. The monoisotopic (exact) mass is 435 g/mol. The van der Waals surface area contributed by atoms with E-state index in [0.29, 0.717) is 17.2 Å². The summed E-state index contributed by atoms with van der Waals surface area (Å²) in [5, 5.41) is 11.1. The number of carbonyl (C=O) groups excluding carboxylic acids is 2. The van der Waals surface area contributed by atoms with E-state index in [4.69, 9.17) is 9.15 Å². The topological polar surface area (TPSA) is 80.0 Å². The molecule has 1 amide bonds. The van der Waals surface area contributed by atoms with E-state index < -0.39 is 29.3 Å². The summed E-state index contributed by atoms with van der Waals surface area (Å²) in [7, 11) is 1.37. The number of amides is 1. The van der Waals surface area contributed by atoms with Crippen molar-refractivity contribution < 1.29 is 28.2 Å². The Morgan fingerprint density at radius 1 is 1.03 bits per heavy atom. The number of aliphatic hydroxyl groups excluding tert-OH is 1. The average molecular weight is 435 g/mol. The SMILES string of the molecule is COc1ccc(F)cc1/C(O)=C1/C(=O)C(=O)N(c2ccc(C)c(C)c2)C1c1ccc(C)o1. The molecular formula is C25H22FNO5. The smallest absolute Gasteiger partial charge is 0.300 e. The molecule has 3 aromatic rings. The number of aliphatic hydroxyl groups is 1. The highest BCUT2D eigenvalue weighted by Gasteiger charge is 2.48. The molecular weight excluding hydrogens is 413 g/mol. The lowest BCUT2D eigenvalue weighted by Gasteiger charge is -2.24. The molecule has 1 aliphatic heterocycles. The van der Waals surface area contributed by atoms with Crippen LogP contribution in [0.4, 0.5) is 10.1 Å². The van der Waals surface area contributed by atoms with Gasteiger partial charge in [-0.25, -0.2) is 4.39 Å². The van der Waals surface area contributed by atoms with Crippen molar-refractivity contribution in [3.05, 3.63) is 88.1 Å². The average Bonchev–Trinajstić information content (AvgIpc) is 3.30. The molecule has 164 valence electrons. The second-order valence-corrected chi connectivity index (χ2v) is 7.73.